The van der Waals surface area contributed by atoms with Gasteiger partial charge in [-0.2, -0.15) is 0 Å². The number of hydrogen-bond donors (Lipinski definition) is 1. The van der Waals surface area contributed by atoms with Gasteiger partial charge >= 0.3 is 0 Å². The first-order chi connectivity index (χ1) is 10.8. The summed E-state index contributed by atoms with van der Waals surface area (Å²) in [6, 6.07) is 19.4. The average Bonchev–Trinajstić information content (AvgIpc) is 3.02. The van der Waals surface area contributed by atoms with Gasteiger partial charge in [-0.25, -0.2) is 4.98 Å². The summed E-state index contributed by atoms with van der Waals surface area (Å²) in [6.07, 6.45) is 0. The van der Waals surface area contributed by atoms with Crippen LogP contribution in [0.4, 0.5) is 5.69 Å². The van der Waals surface area contributed by atoms with Crippen LogP contribution in [0.2, 0.25) is 0 Å². The summed E-state index contributed by atoms with van der Waals surface area (Å²) in [7, 11) is 0. The molecular formula is C18H12N2OS. The predicted molar refractivity (Wildman–Crippen MR) is 91.5 cm³/mol. The lowest BCUT2D eigenvalue weighted by Gasteiger charge is -2.08. The minimum Gasteiger partial charge on any atom is -0.322 e. The van der Waals surface area contributed by atoms with Crippen molar-refractivity contribution in [2.75, 3.05) is 5.32 Å². The molecule has 0 aliphatic carbocycles. The summed E-state index contributed by atoms with van der Waals surface area (Å²) in [4.78, 5) is 16.9. The largest absolute Gasteiger partial charge is 0.322 e. The summed E-state index contributed by atoms with van der Waals surface area (Å²) in [5.74, 6) is -0.105. The van der Waals surface area contributed by atoms with E-state index < -0.39 is 0 Å². The van der Waals surface area contributed by atoms with Crippen molar-refractivity contribution in [1.82, 2.24) is 4.98 Å². The molecule has 3 aromatic carbocycles. The van der Waals surface area contributed by atoms with Crippen molar-refractivity contribution in [2.24, 2.45) is 0 Å². The number of amides is 1. The SMILES string of the molecule is O=C(Nc1ccc2scnc2c1)c1cccc2ccccc12. The zero-order valence-electron chi connectivity index (χ0n) is 11.6. The van der Waals surface area contributed by atoms with Crippen molar-refractivity contribution in [2.45, 2.75) is 0 Å². The molecular weight excluding hydrogens is 292 g/mol. The van der Waals surface area contributed by atoms with Crippen LogP contribution in [0, 0.1) is 0 Å². The fourth-order valence-corrected chi connectivity index (χ4v) is 3.22. The molecule has 4 rings (SSSR count). The van der Waals surface area contributed by atoms with Crippen LogP contribution in [0.15, 0.2) is 66.2 Å². The maximum Gasteiger partial charge on any atom is 0.256 e. The minimum atomic E-state index is -0.105. The summed E-state index contributed by atoms with van der Waals surface area (Å²) in [5.41, 5.74) is 4.15. The van der Waals surface area contributed by atoms with Gasteiger partial charge in [-0.15, -0.1) is 11.3 Å². The van der Waals surface area contributed by atoms with Gasteiger partial charge in [0.2, 0.25) is 0 Å². The van der Waals surface area contributed by atoms with Crippen LogP contribution < -0.4 is 5.32 Å². The highest BCUT2D eigenvalue weighted by Crippen LogP contribution is 2.23. The molecule has 0 saturated carbocycles. The molecule has 0 bridgehead atoms. The van der Waals surface area contributed by atoms with Gasteiger partial charge in [-0.1, -0.05) is 36.4 Å². The number of carbonyl (C=O) groups excluding carboxylic acids is 1. The van der Waals surface area contributed by atoms with Crippen LogP contribution in [0.3, 0.4) is 0 Å². The van der Waals surface area contributed by atoms with Gasteiger partial charge < -0.3 is 5.32 Å². The van der Waals surface area contributed by atoms with Crippen molar-refractivity contribution >= 4 is 43.9 Å². The topological polar surface area (TPSA) is 42.0 Å². The van der Waals surface area contributed by atoms with Gasteiger partial charge in [0.1, 0.15) is 0 Å². The van der Waals surface area contributed by atoms with Crippen molar-refractivity contribution in [1.29, 1.82) is 0 Å². The Labute approximate surface area is 131 Å². The number of anilines is 1. The van der Waals surface area contributed by atoms with Crippen LogP contribution in [0.1, 0.15) is 10.4 Å². The molecule has 0 aliphatic rings. The standard InChI is InChI=1S/C18H12N2OS/c21-18(15-7-3-5-12-4-1-2-6-14(12)15)20-13-8-9-17-16(10-13)19-11-22-17/h1-11H,(H,20,21). The van der Waals surface area contributed by atoms with E-state index in [1.54, 1.807) is 16.8 Å². The summed E-state index contributed by atoms with van der Waals surface area (Å²) in [5, 5.41) is 4.97. The summed E-state index contributed by atoms with van der Waals surface area (Å²) in [6.45, 7) is 0. The molecule has 0 radical (unpaired) electrons. The zero-order chi connectivity index (χ0) is 14.9. The van der Waals surface area contributed by atoms with Crippen molar-refractivity contribution < 1.29 is 4.79 Å². The Hall–Kier alpha value is -2.72. The molecule has 0 spiro atoms. The Bertz CT molecular complexity index is 985. The van der Waals surface area contributed by atoms with E-state index in [1.165, 1.54) is 0 Å². The molecule has 106 valence electrons. The molecule has 0 unspecified atom stereocenters. The number of rotatable bonds is 2. The highest BCUT2D eigenvalue weighted by molar-refractivity contribution is 7.16. The molecule has 3 nitrogen and oxygen atoms in total. The molecule has 0 aliphatic heterocycles. The average molecular weight is 304 g/mol. The number of carbonyl (C=O) groups is 1. The van der Waals surface area contributed by atoms with E-state index in [0.717, 1.165) is 26.7 Å². The zero-order valence-corrected chi connectivity index (χ0v) is 12.4. The number of aromatic nitrogens is 1. The monoisotopic (exact) mass is 304 g/mol. The van der Waals surface area contributed by atoms with E-state index >= 15 is 0 Å². The van der Waals surface area contributed by atoms with E-state index in [0.29, 0.717) is 5.56 Å². The number of nitrogens with zero attached hydrogens (tertiary/aromatic N) is 1. The van der Waals surface area contributed by atoms with Crippen LogP contribution in [0.25, 0.3) is 21.0 Å². The van der Waals surface area contributed by atoms with Crippen LogP contribution in [-0.2, 0) is 0 Å². The quantitative estimate of drug-likeness (QED) is 0.583. The van der Waals surface area contributed by atoms with Gasteiger partial charge in [0.25, 0.3) is 5.91 Å². The molecule has 0 saturated heterocycles. The Morgan fingerprint density at radius 1 is 1.00 bits per heavy atom. The van der Waals surface area contributed by atoms with Crippen molar-refractivity contribution in [3.8, 4) is 0 Å². The third kappa shape index (κ3) is 2.23. The highest BCUT2D eigenvalue weighted by atomic mass is 32.1. The highest BCUT2D eigenvalue weighted by Gasteiger charge is 2.10. The molecule has 0 fully saturated rings. The first kappa shape index (κ1) is 13.0. The molecule has 4 heteroatoms. The van der Waals surface area contributed by atoms with Crippen LogP contribution in [0.5, 0.6) is 0 Å². The molecule has 4 aromatic rings. The number of nitrogens with one attached hydrogen (secondary N) is 1. The van der Waals surface area contributed by atoms with E-state index in [1.807, 2.05) is 60.7 Å². The maximum atomic E-state index is 12.6. The summed E-state index contributed by atoms with van der Waals surface area (Å²) < 4.78 is 1.11. The van der Waals surface area contributed by atoms with Gasteiger partial charge in [-0.3, -0.25) is 4.79 Å². The maximum absolute atomic E-state index is 12.6. The number of benzene rings is 3. The Balaban J connectivity index is 1.71. The van der Waals surface area contributed by atoms with Crippen LogP contribution in [-0.4, -0.2) is 10.9 Å². The Kier molecular flexibility index (Phi) is 3.09. The number of thiazole rings is 1. The van der Waals surface area contributed by atoms with Gasteiger partial charge in [0, 0.05) is 11.3 Å². The lowest BCUT2D eigenvalue weighted by molar-refractivity contribution is 0.102. The fourth-order valence-electron chi connectivity index (χ4n) is 2.56. The fraction of sp³-hybridized carbons (Fsp3) is 0. The van der Waals surface area contributed by atoms with E-state index in [9.17, 15) is 4.79 Å². The molecule has 1 aromatic heterocycles. The summed E-state index contributed by atoms with van der Waals surface area (Å²) >= 11 is 1.59. The predicted octanol–water partition coefficient (Wildman–Crippen LogP) is 4.70. The van der Waals surface area contributed by atoms with Gasteiger partial charge in [0.05, 0.1) is 15.7 Å². The third-order valence-corrected chi connectivity index (χ3v) is 4.43. The Morgan fingerprint density at radius 2 is 1.86 bits per heavy atom. The van der Waals surface area contributed by atoms with Gasteiger partial charge in [0.15, 0.2) is 0 Å². The Morgan fingerprint density at radius 3 is 2.82 bits per heavy atom. The smallest absolute Gasteiger partial charge is 0.256 e. The molecule has 1 amide bonds. The minimum absolute atomic E-state index is 0.105. The van der Waals surface area contributed by atoms with E-state index in [-0.39, 0.29) is 5.91 Å². The molecule has 1 heterocycles. The second-order valence-electron chi connectivity index (χ2n) is 5.02. The van der Waals surface area contributed by atoms with Crippen molar-refractivity contribution in [3.05, 3.63) is 71.7 Å². The lowest BCUT2D eigenvalue weighted by atomic mass is 10.0. The van der Waals surface area contributed by atoms with E-state index in [4.69, 9.17) is 0 Å². The first-order valence-electron chi connectivity index (χ1n) is 6.94. The third-order valence-electron chi connectivity index (χ3n) is 3.62. The normalized spacial score (nSPS) is 10.9. The molecule has 22 heavy (non-hydrogen) atoms. The van der Waals surface area contributed by atoms with Gasteiger partial charge in [-0.05, 0) is 35.0 Å². The van der Waals surface area contributed by atoms with Crippen LogP contribution >= 0.6 is 11.3 Å². The van der Waals surface area contributed by atoms with E-state index in [2.05, 4.69) is 10.3 Å². The second kappa shape index (κ2) is 5.24. The molecule has 1 N–H and O–H groups in total. The second-order valence-corrected chi connectivity index (χ2v) is 5.90. The first-order valence-corrected chi connectivity index (χ1v) is 7.81. The van der Waals surface area contributed by atoms with Crippen molar-refractivity contribution in [3.63, 3.8) is 0 Å². The number of fused-ring (bicyclic) bond motifs is 2. The lowest BCUT2D eigenvalue weighted by Crippen LogP contribution is -2.12. The molecule has 0 atom stereocenters. The number of hydrogen-bond acceptors (Lipinski definition) is 3.